The van der Waals surface area contributed by atoms with Crippen molar-refractivity contribution in [1.82, 2.24) is 15.3 Å². The third kappa shape index (κ3) is 1.99. The van der Waals surface area contributed by atoms with Crippen LogP contribution in [0.15, 0.2) is 56.7 Å². The number of hydrogen-bond acceptors (Lipinski definition) is 7. The summed E-state index contributed by atoms with van der Waals surface area (Å²) < 4.78 is 37.2. The molecule has 2 aromatic heterocycles. The number of fused-ring (bicyclic) bond motifs is 2. The van der Waals surface area contributed by atoms with E-state index in [0.29, 0.717) is 22.3 Å². The van der Waals surface area contributed by atoms with Gasteiger partial charge in [-0.1, -0.05) is 6.07 Å². The SMILES string of the molecule is O=S(=O)(Nc1ccc2ocnc2c1)c1cccc2nonc12. The van der Waals surface area contributed by atoms with Crippen molar-refractivity contribution in [3.05, 3.63) is 42.8 Å². The smallest absolute Gasteiger partial charge is 0.264 e. The topological polar surface area (TPSA) is 111 Å². The Morgan fingerprint density at radius 2 is 1.95 bits per heavy atom. The number of aromatic nitrogens is 3. The molecule has 0 aliphatic rings. The molecule has 4 rings (SSSR count). The fourth-order valence-electron chi connectivity index (χ4n) is 2.13. The second-order valence-electron chi connectivity index (χ2n) is 4.53. The lowest BCUT2D eigenvalue weighted by Gasteiger charge is -2.07. The summed E-state index contributed by atoms with van der Waals surface area (Å²) in [6.45, 7) is 0. The predicted molar refractivity (Wildman–Crippen MR) is 76.6 cm³/mol. The lowest BCUT2D eigenvalue weighted by molar-refractivity contribution is 0.315. The zero-order valence-corrected chi connectivity index (χ0v) is 11.7. The molecule has 0 unspecified atom stereocenters. The summed E-state index contributed by atoms with van der Waals surface area (Å²) in [7, 11) is -3.83. The number of nitrogens with zero attached hydrogens (tertiary/aromatic N) is 3. The predicted octanol–water partition coefficient (Wildman–Crippen LogP) is 2.16. The van der Waals surface area contributed by atoms with E-state index in [9.17, 15) is 8.42 Å². The molecular formula is C13H8N4O4S. The molecule has 8 nitrogen and oxygen atoms in total. The van der Waals surface area contributed by atoms with E-state index in [4.69, 9.17) is 4.42 Å². The molecule has 4 aromatic rings. The first-order chi connectivity index (χ1) is 10.6. The highest BCUT2D eigenvalue weighted by molar-refractivity contribution is 7.93. The maximum absolute atomic E-state index is 12.5. The van der Waals surface area contributed by atoms with Crippen molar-refractivity contribution in [2.75, 3.05) is 4.72 Å². The lowest BCUT2D eigenvalue weighted by atomic mass is 10.3. The monoisotopic (exact) mass is 316 g/mol. The fraction of sp³-hybridized carbons (Fsp3) is 0. The van der Waals surface area contributed by atoms with Crippen LogP contribution in [-0.4, -0.2) is 23.7 Å². The summed E-state index contributed by atoms with van der Waals surface area (Å²) in [6.07, 6.45) is 1.30. The van der Waals surface area contributed by atoms with Gasteiger partial charge in [0, 0.05) is 0 Å². The second kappa shape index (κ2) is 4.53. The molecule has 0 atom stereocenters. The van der Waals surface area contributed by atoms with Crippen LogP contribution in [0.5, 0.6) is 0 Å². The molecule has 2 heterocycles. The highest BCUT2D eigenvalue weighted by Crippen LogP contribution is 2.24. The van der Waals surface area contributed by atoms with Crippen molar-refractivity contribution in [2.45, 2.75) is 4.90 Å². The Kier molecular flexibility index (Phi) is 2.63. The molecule has 0 amide bonds. The minimum Gasteiger partial charge on any atom is -0.443 e. The summed E-state index contributed by atoms with van der Waals surface area (Å²) in [6, 6.07) is 9.43. The highest BCUT2D eigenvalue weighted by atomic mass is 32.2. The molecular weight excluding hydrogens is 308 g/mol. The molecule has 110 valence electrons. The molecule has 0 aliphatic heterocycles. The van der Waals surface area contributed by atoms with Gasteiger partial charge in [-0.05, 0) is 40.6 Å². The molecule has 9 heteroatoms. The van der Waals surface area contributed by atoms with Crippen molar-refractivity contribution >= 4 is 37.8 Å². The Morgan fingerprint density at radius 3 is 2.86 bits per heavy atom. The van der Waals surface area contributed by atoms with E-state index in [1.54, 1.807) is 30.3 Å². The minimum atomic E-state index is -3.83. The maximum atomic E-state index is 12.5. The number of benzene rings is 2. The molecule has 0 spiro atoms. The zero-order chi connectivity index (χ0) is 15.2. The summed E-state index contributed by atoms with van der Waals surface area (Å²) in [4.78, 5) is 3.98. The first-order valence-electron chi connectivity index (χ1n) is 6.21. The lowest BCUT2D eigenvalue weighted by Crippen LogP contribution is -2.13. The van der Waals surface area contributed by atoms with Crippen molar-refractivity contribution in [3.63, 3.8) is 0 Å². The van der Waals surface area contributed by atoms with Gasteiger partial charge in [-0.15, -0.1) is 0 Å². The highest BCUT2D eigenvalue weighted by Gasteiger charge is 2.20. The van der Waals surface area contributed by atoms with Crippen molar-refractivity contribution in [2.24, 2.45) is 0 Å². The molecule has 0 saturated carbocycles. The van der Waals surface area contributed by atoms with Gasteiger partial charge in [-0.25, -0.2) is 18.0 Å². The van der Waals surface area contributed by atoms with Crippen LogP contribution in [0.25, 0.3) is 22.1 Å². The summed E-state index contributed by atoms with van der Waals surface area (Å²) in [5.41, 5.74) is 2.05. The van der Waals surface area contributed by atoms with Crippen LogP contribution in [0.4, 0.5) is 5.69 Å². The number of nitrogens with one attached hydrogen (secondary N) is 1. The Morgan fingerprint density at radius 1 is 1.05 bits per heavy atom. The summed E-state index contributed by atoms with van der Waals surface area (Å²) in [5, 5.41) is 7.27. The Labute approximate surface area is 123 Å². The molecule has 0 bridgehead atoms. The van der Waals surface area contributed by atoms with Gasteiger partial charge in [0.05, 0.1) is 5.69 Å². The second-order valence-corrected chi connectivity index (χ2v) is 6.18. The van der Waals surface area contributed by atoms with E-state index in [0.717, 1.165) is 0 Å². The van der Waals surface area contributed by atoms with Crippen LogP contribution in [-0.2, 0) is 10.0 Å². The van der Waals surface area contributed by atoms with Crippen LogP contribution in [0.2, 0.25) is 0 Å². The summed E-state index contributed by atoms with van der Waals surface area (Å²) in [5.74, 6) is 0. The third-order valence-electron chi connectivity index (χ3n) is 3.12. The van der Waals surface area contributed by atoms with Crippen molar-refractivity contribution in [3.8, 4) is 0 Å². The number of oxazole rings is 1. The van der Waals surface area contributed by atoms with Crippen molar-refractivity contribution < 1.29 is 17.5 Å². The number of hydrogen-bond donors (Lipinski definition) is 1. The van der Waals surface area contributed by atoms with E-state index < -0.39 is 10.0 Å². The van der Waals surface area contributed by atoms with Gasteiger partial charge in [0.15, 0.2) is 17.5 Å². The van der Waals surface area contributed by atoms with Gasteiger partial charge in [-0.3, -0.25) is 4.72 Å². The molecule has 0 radical (unpaired) electrons. The average Bonchev–Trinajstić information content (AvgIpc) is 3.14. The van der Waals surface area contributed by atoms with Gasteiger partial charge in [0.1, 0.15) is 15.9 Å². The van der Waals surface area contributed by atoms with Crippen LogP contribution in [0.3, 0.4) is 0 Å². The van der Waals surface area contributed by atoms with Crippen molar-refractivity contribution in [1.29, 1.82) is 0 Å². The van der Waals surface area contributed by atoms with E-state index >= 15 is 0 Å². The Balaban J connectivity index is 1.78. The fourth-order valence-corrected chi connectivity index (χ4v) is 3.33. The molecule has 22 heavy (non-hydrogen) atoms. The quantitative estimate of drug-likeness (QED) is 0.616. The average molecular weight is 316 g/mol. The van der Waals surface area contributed by atoms with Crippen LogP contribution in [0.1, 0.15) is 0 Å². The molecule has 2 aromatic carbocycles. The standard InChI is InChI=1S/C13H8N4O4S/c18-22(19,12-3-1-2-9-13(12)16-21-15-9)17-8-4-5-11-10(6-8)14-7-20-11/h1-7,17H. The van der Waals surface area contributed by atoms with Gasteiger partial charge in [0.2, 0.25) is 0 Å². The normalized spacial score (nSPS) is 12.0. The van der Waals surface area contributed by atoms with E-state index in [1.165, 1.54) is 12.5 Å². The number of rotatable bonds is 3. The molecule has 0 aliphatic carbocycles. The van der Waals surface area contributed by atoms with E-state index in [1.807, 2.05) is 0 Å². The third-order valence-corrected chi connectivity index (χ3v) is 4.53. The number of anilines is 1. The molecule has 0 saturated heterocycles. The van der Waals surface area contributed by atoms with Crippen LogP contribution in [0, 0.1) is 0 Å². The van der Waals surface area contributed by atoms with E-state index in [2.05, 4.69) is 24.6 Å². The Hall–Kier alpha value is -2.94. The Bertz CT molecular complexity index is 1080. The van der Waals surface area contributed by atoms with Gasteiger partial charge >= 0.3 is 0 Å². The van der Waals surface area contributed by atoms with Crippen LogP contribution < -0.4 is 4.72 Å². The van der Waals surface area contributed by atoms with Gasteiger partial charge in [0.25, 0.3) is 10.0 Å². The first kappa shape index (κ1) is 12.8. The summed E-state index contributed by atoms with van der Waals surface area (Å²) >= 11 is 0. The largest absolute Gasteiger partial charge is 0.443 e. The van der Waals surface area contributed by atoms with E-state index in [-0.39, 0.29) is 10.4 Å². The molecule has 0 fully saturated rings. The molecule has 1 N–H and O–H groups in total. The minimum absolute atomic E-state index is 0.00787. The van der Waals surface area contributed by atoms with Crippen LogP contribution >= 0.6 is 0 Å². The van der Waals surface area contributed by atoms with Gasteiger partial charge in [-0.2, -0.15) is 0 Å². The first-order valence-corrected chi connectivity index (χ1v) is 7.69. The van der Waals surface area contributed by atoms with Gasteiger partial charge < -0.3 is 4.42 Å². The number of sulfonamides is 1. The maximum Gasteiger partial charge on any atom is 0.264 e. The zero-order valence-electron chi connectivity index (χ0n) is 10.9.